The quantitative estimate of drug-likeness (QED) is 0.590. The number of carbonyl (C=O) groups excluding carboxylic acids is 2. The predicted molar refractivity (Wildman–Crippen MR) is 111 cm³/mol. The average Bonchev–Trinajstić information content (AvgIpc) is 3.20. The molecule has 8 nitrogen and oxygen atoms in total. The number of rotatable bonds is 8. The lowest BCUT2D eigenvalue weighted by Gasteiger charge is -2.19. The van der Waals surface area contributed by atoms with Gasteiger partial charge in [0, 0.05) is 12.0 Å². The molecule has 166 valence electrons. The van der Waals surface area contributed by atoms with E-state index in [1.807, 2.05) is 12.1 Å². The Labute approximate surface area is 181 Å². The fourth-order valence-electron chi connectivity index (χ4n) is 3.71. The van der Waals surface area contributed by atoms with Gasteiger partial charge in [0.25, 0.3) is 0 Å². The van der Waals surface area contributed by atoms with Crippen LogP contribution in [0.1, 0.15) is 35.1 Å². The summed E-state index contributed by atoms with van der Waals surface area (Å²) in [5, 5.41) is 0. The molecule has 0 bridgehead atoms. The van der Waals surface area contributed by atoms with Crippen molar-refractivity contribution in [2.24, 2.45) is 0 Å². The molecule has 3 rings (SSSR count). The Morgan fingerprint density at radius 3 is 2.19 bits per heavy atom. The van der Waals surface area contributed by atoms with Gasteiger partial charge in [-0.2, -0.15) is 0 Å². The lowest BCUT2D eigenvalue weighted by molar-refractivity contribution is -0.144. The highest BCUT2D eigenvalue weighted by molar-refractivity contribution is 5.82. The fraction of sp³-hybridized carbons (Fsp3) is 0.391. The molecular weight excluding hydrogens is 404 g/mol. The van der Waals surface area contributed by atoms with Crippen LogP contribution in [0.25, 0.3) is 0 Å². The summed E-state index contributed by atoms with van der Waals surface area (Å²) in [7, 11) is 7.31. The first-order chi connectivity index (χ1) is 15.0. The number of ether oxygens (including phenoxy) is 6. The summed E-state index contributed by atoms with van der Waals surface area (Å²) in [6.45, 7) is 0. The van der Waals surface area contributed by atoms with Crippen molar-refractivity contribution < 1.29 is 38.0 Å². The topological polar surface area (TPSA) is 89.5 Å². The van der Waals surface area contributed by atoms with Crippen LogP contribution in [0.4, 0.5) is 0 Å². The molecule has 0 aromatic heterocycles. The molecule has 0 saturated carbocycles. The van der Waals surface area contributed by atoms with E-state index in [1.165, 1.54) is 21.3 Å². The van der Waals surface area contributed by atoms with Crippen LogP contribution in [-0.2, 0) is 25.5 Å². The smallest absolute Gasteiger partial charge is 0.317 e. The number of esters is 2. The van der Waals surface area contributed by atoms with Crippen molar-refractivity contribution in [3.8, 4) is 23.0 Å². The molecule has 31 heavy (non-hydrogen) atoms. The standard InChI is InChI=1S/C23H26O8/c1-26-16-8-7-14(12-17(16)27-2)21-20(23(25)30-5)15-10-13(6-9-19(24)29-4)11-18(28-3)22(15)31-21/h7-8,10-12,20-21H,6,9H2,1-5H3/t20-,21+/m1/s1. The van der Waals surface area contributed by atoms with Crippen LogP contribution in [0, 0.1) is 0 Å². The third kappa shape index (κ3) is 4.38. The van der Waals surface area contributed by atoms with Gasteiger partial charge in [-0.15, -0.1) is 0 Å². The summed E-state index contributed by atoms with van der Waals surface area (Å²) < 4.78 is 32.2. The molecule has 1 heterocycles. The van der Waals surface area contributed by atoms with Crippen LogP contribution in [0.3, 0.4) is 0 Å². The maximum Gasteiger partial charge on any atom is 0.317 e. The third-order valence-corrected chi connectivity index (χ3v) is 5.28. The Morgan fingerprint density at radius 1 is 0.871 bits per heavy atom. The summed E-state index contributed by atoms with van der Waals surface area (Å²) in [5.74, 6) is 0.570. The zero-order chi connectivity index (χ0) is 22.5. The number of hydrogen-bond donors (Lipinski definition) is 0. The molecule has 0 N–H and O–H groups in total. The molecule has 0 unspecified atom stereocenters. The second-order valence-corrected chi connectivity index (χ2v) is 6.95. The van der Waals surface area contributed by atoms with Gasteiger partial charge in [-0.3, -0.25) is 9.59 Å². The van der Waals surface area contributed by atoms with E-state index in [0.29, 0.717) is 35.0 Å². The highest BCUT2D eigenvalue weighted by Gasteiger charge is 2.43. The Bertz CT molecular complexity index is 968. The van der Waals surface area contributed by atoms with Gasteiger partial charge in [0.1, 0.15) is 12.0 Å². The maximum absolute atomic E-state index is 12.8. The summed E-state index contributed by atoms with van der Waals surface area (Å²) in [6, 6.07) is 9.00. The van der Waals surface area contributed by atoms with Crippen LogP contribution in [0.2, 0.25) is 0 Å². The summed E-state index contributed by atoms with van der Waals surface area (Å²) in [4.78, 5) is 24.4. The van der Waals surface area contributed by atoms with Crippen LogP contribution >= 0.6 is 0 Å². The monoisotopic (exact) mass is 430 g/mol. The van der Waals surface area contributed by atoms with Gasteiger partial charge in [-0.05, 0) is 35.7 Å². The zero-order valence-corrected chi connectivity index (χ0v) is 18.2. The largest absolute Gasteiger partial charge is 0.493 e. The first-order valence-corrected chi connectivity index (χ1v) is 9.71. The molecule has 2 atom stereocenters. The van der Waals surface area contributed by atoms with Gasteiger partial charge in [0.2, 0.25) is 0 Å². The van der Waals surface area contributed by atoms with Crippen molar-refractivity contribution >= 4 is 11.9 Å². The van der Waals surface area contributed by atoms with Crippen molar-refractivity contribution in [2.75, 3.05) is 35.5 Å². The Morgan fingerprint density at radius 2 is 1.58 bits per heavy atom. The Hall–Kier alpha value is -3.42. The lowest BCUT2D eigenvalue weighted by atomic mass is 9.89. The molecule has 0 aliphatic carbocycles. The number of fused-ring (bicyclic) bond motifs is 1. The minimum absolute atomic E-state index is 0.210. The third-order valence-electron chi connectivity index (χ3n) is 5.28. The summed E-state index contributed by atoms with van der Waals surface area (Å²) in [5.41, 5.74) is 2.19. The first kappa shape index (κ1) is 22.3. The molecule has 8 heteroatoms. The number of hydrogen-bond acceptors (Lipinski definition) is 8. The van der Waals surface area contributed by atoms with E-state index in [1.54, 1.807) is 32.4 Å². The molecule has 0 amide bonds. The molecule has 1 aliphatic heterocycles. The molecule has 2 aromatic carbocycles. The highest BCUT2D eigenvalue weighted by Crippen LogP contribution is 2.52. The minimum atomic E-state index is -0.718. The van der Waals surface area contributed by atoms with Crippen molar-refractivity contribution in [2.45, 2.75) is 24.9 Å². The molecule has 0 radical (unpaired) electrons. The maximum atomic E-state index is 12.8. The first-order valence-electron chi connectivity index (χ1n) is 9.71. The van der Waals surface area contributed by atoms with E-state index in [2.05, 4.69) is 0 Å². The second kappa shape index (κ2) is 9.59. The van der Waals surface area contributed by atoms with E-state index in [9.17, 15) is 9.59 Å². The Kier molecular flexibility index (Phi) is 6.89. The van der Waals surface area contributed by atoms with Crippen molar-refractivity contribution in [1.29, 1.82) is 0 Å². The van der Waals surface area contributed by atoms with Gasteiger partial charge >= 0.3 is 11.9 Å². The van der Waals surface area contributed by atoms with Gasteiger partial charge in [-0.1, -0.05) is 12.1 Å². The molecule has 0 spiro atoms. The number of benzene rings is 2. The van der Waals surface area contributed by atoms with Gasteiger partial charge in [0.15, 0.2) is 23.0 Å². The molecule has 0 saturated heterocycles. The van der Waals surface area contributed by atoms with Crippen molar-refractivity contribution in [3.63, 3.8) is 0 Å². The number of carbonyl (C=O) groups is 2. The zero-order valence-electron chi connectivity index (χ0n) is 18.2. The number of methoxy groups -OCH3 is 5. The predicted octanol–water partition coefficient (Wildman–Crippen LogP) is 3.21. The molecular formula is C23H26O8. The van der Waals surface area contributed by atoms with E-state index >= 15 is 0 Å². The molecule has 1 aliphatic rings. The number of aryl methyl sites for hydroxylation is 1. The second-order valence-electron chi connectivity index (χ2n) is 6.95. The normalized spacial score (nSPS) is 16.7. The lowest BCUT2D eigenvalue weighted by Crippen LogP contribution is -2.20. The average molecular weight is 430 g/mol. The van der Waals surface area contributed by atoms with Gasteiger partial charge in [0.05, 0.1) is 35.5 Å². The fourth-order valence-corrected chi connectivity index (χ4v) is 3.71. The van der Waals surface area contributed by atoms with E-state index < -0.39 is 18.0 Å². The minimum Gasteiger partial charge on any atom is -0.493 e. The van der Waals surface area contributed by atoms with Crippen LogP contribution in [0.15, 0.2) is 30.3 Å². The van der Waals surface area contributed by atoms with E-state index in [-0.39, 0.29) is 12.4 Å². The summed E-state index contributed by atoms with van der Waals surface area (Å²) in [6.07, 6.45) is -0.000919. The van der Waals surface area contributed by atoms with Crippen LogP contribution < -0.4 is 18.9 Å². The SMILES string of the molecule is COC(=O)CCc1cc(OC)c2c(c1)[C@@H](C(=O)OC)[C@H](c1ccc(OC)c(OC)c1)O2. The Balaban J connectivity index is 2.05. The van der Waals surface area contributed by atoms with Crippen LogP contribution in [0.5, 0.6) is 23.0 Å². The van der Waals surface area contributed by atoms with Gasteiger partial charge < -0.3 is 28.4 Å². The van der Waals surface area contributed by atoms with E-state index in [4.69, 9.17) is 28.4 Å². The molecule has 0 fully saturated rings. The van der Waals surface area contributed by atoms with E-state index in [0.717, 1.165) is 11.1 Å². The van der Waals surface area contributed by atoms with Crippen molar-refractivity contribution in [1.82, 2.24) is 0 Å². The molecule has 2 aromatic rings. The van der Waals surface area contributed by atoms with Gasteiger partial charge in [-0.25, -0.2) is 0 Å². The summed E-state index contributed by atoms with van der Waals surface area (Å²) >= 11 is 0. The van der Waals surface area contributed by atoms with Crippen LogP contribution in [-0.4, -0.2) is 47.5 Å². The van der Waals surface area contributed by atoms with Crippen molar-refractivity contribution in [3.05, 3.63) is 47.0 Å². The highest BCUT2D eigenvalue weighted by atomic mass is 16.5.